The maximum absolute atomic E-state index is 12.6. The molecule has 2 atom stereocenters. The van der Waals surface area contributed by atoms with E-state index in [2.05, 4.69) is 11.5 Å². The number of rotatable bonds is 3. The van der Waals surface area contributed by atoms with Crippen LogP contribution in [0.15, 0.2) is 29.4 Å². The second kappa shape index (κ2) is 7.94. The Balaban J connectivity index is 0.000000298. The van der Waals surface area contributed by atoms with Gasteiger partial charge in [0.25, 0.3) is 5.91 Å². The Morgan fingerprint density at radius 2 is 1.96 bits per heavy atom. The number of hydrogen-bond acceptors (Lipinski definition) is 4. The Morgan fingerprint density at radius 1 is 1.35 bits per heavy atom. The molecule has 6 nitrogen and oxygen atoms in total. The zero-order valence-corrected chi connectivity index (χ0v) is 14.3. The van der Waals surface area contributed by atoms with Gasteiger partial charge in [-0.05, 0) is 25.8 Å². The lowest BCUT2D eigenvalue weighted by Gasteiger charge is -2.24. The lowest BCUT2D eigenvalue weighted by molar-refractivity contribution is -0.192. The highest BCUT2D eigenvalue weighted by molar-refractivity contribution is 5.95. The molecule has 0 unspecified atom stereocenters. The Labute approximate surface area is 148 Å². The van der Waals surface area contributed by atoms with Crippen LogP contribution in [0.4, 0.5) is 13.2 Å². The minimum Gasteiger partial charge on any atom is -0.475 e. The molecule has 0 bridgehead atoms. The van der Waals surface area contributed by atoms with E-state index in [0.29, 0.717) is 17.6 Å². The van der Waals surface area contributed by atoms with Gasteiger partial charge in [0.1, 0.15) is 5.76 Å². The number of fused-ring (bicyclic) bond motifs is 1. The highest BCUT2D eigenvalue weighted by Crippen LogP contribution is 2.32. The average Bonchev–Trinajstić information content (AvgIpc) is 3.24. The molecular formula is C17H21F3N2O4. The SMILES string of the molecule is C=CCN1CC[C@@H]2[C@@H]1CCN2C(=O)c1ccoc1C.O=C(O)C(F)(F)F. The van der Waals surface area contributed by atoms with Gasteiger partial charge in [-0.1, -0.05) is 6.08 Å². The van der Waals surface area contributed by atoms with Gasteiger partial charge < -0.3 is 14.4 Å². The van der Waals surface area contributed by atoms with Crippen LogP contribution < -0.4 is 0 Å². The van der Waals surface area contributed by atoms with Crippen molar-refractivity contribution >= 4 is 11.9 Å². The Kier molecular flexibility index (Phi) is 6.12. The molecule has 0 radical (unpaired) electrons. The quantitative estimate of drug-likeness (QED) is 0.824. The molecule has 3 rings (SSSR count). The number of carboxylic acid groups (broad SMARTS) is 1. The van der Waals surface area contributed by atoms with E-state index in [1.54, 1.807) is 12.3 Å². The van der Waals surface area contributed by atoms with Gasteiger partial charge in [0.05, 0.1) is 11.8 Å². The third kappa shape index (κ3) is 4.27. The number of aliphatic carboxylic acids is 1. The second-order valence-electron chi connectivity index (χ2n) is 6.19. The van der Waals surface area contributed by atoms with E-state index in [-0.39, 0.29) is 5.91 Å². The van der Waals surface area contributed by atoms with Gasteiger partial charge in [-0.2, -0.15) is 13.2 Å². The van der Waals surface area contributed by atoms with Crippen molar-refractivity contribution in [3.63, 3.8) is 0 Å². The summed E-state index contributed by atoms with van der Waals surface area (Å²) in [5.74, 6) is -1.92. The number of likely N-dealkylation sites (tertiary alicyclic amines) is 2. The lowest BCUT2D eigenvalue weighted by Crippen LogP contribution is -2.39. The third-order valence-electron chi connectivity index (χ3n) is 4.65. The molecule has 1 amide bonds. The standard InChI is InChI=1S/C15H20N2O2.C2HF3O2/c1-3-7-16-8-4-14-13(16)5-9-17(14)15(18)12-6-10-19-11(12)2;3-2(4,5)1(6)7/h3,6,10,13-14H,1,4-5,7-9H2,2H3;(H,6,7)/t13-,14+;/m0./s1. The van der Waals surface area contributed by atoms with Crippen LogP contribution in [-0.4, -0.2) is 64.7 Å². The third-order valence-corrected chi connectivity index (χ3v) is 4.65. The van der Waals surface area contributed by atoms with Crippen LogP contribution >= 0.6 is 0 Å². The van der Waals surface area contributed by atoms with Crippen molar-refractivity contribution in [2.75, 3.05) is 19.6 Å². The van der Waals surface area contributed by atoms with E-state index in [0.717, 1.165) is 38.2 Å². The minimum atomic E-state index is -5.08. The molecule has 1 aromatic rings. The Hall–Kier alpha value is -2.29. The van der Waals surface area contributed by atoms with E-state index in [1.165, 1.54) is 0 Å². The normalized spacial score (nSPS) is 22.5. The van der Waals surface area contributed by atoms with Gasteiger partial charge in [-0.25, -0.2) is 4.79 Å². The summed E-state index contributed by atoms with van der Waals surface area (Å²) in [6, 6.07) is 2.65. The molecule has 2 saturated heterocycles. The molecule has 1 aromatic heterocycles. The average molecular weight is 374 g/mol. The highest BCUT2D eigenvalue weighted by atomic mass is 19.4. The van der Waals surface area contributed by atoms with E-state index in [9.17, 15) is 18.0 Å². The molecule has 26 heavy (non-hydrogen) atoms. The number of aryl methyl sites for hydroxylation is 1. The van der Waals surface area contributed by atoms with Gasteiger partial charge in [0.15, 0.2) is 0 Å². The highest BCUT2D eigenvalue weighted by Gasteiger charge is 2.44. The van der Waals surface area contributed by atoms with Crippen LogP contribution in [0.1, 0.15) is 29.0 Å². The number of carboxylic acids is 1. The topological polar surface area (TPSA) is 74.0 Å². The van der Waals surface area contributed by atoms with Crippen LogP contribution in [0, 0.1) is 6.92 Å². The summed E-state index contributed by atoms with van der Waals surface area (Å²) in [5.41, 5.74) is 0.711. The lowest BCUT2D eigenvalue weighted by atomic mass is 10.1. The van der Waals surface area contributed by atoms with Crippen LogP contribution in [0.2, 0.25) is 0 Å². The molecule has 0 aliphatic carbocycles. The fraction of sp³-hybridized carbons (Fsp3) is 0.529. The molecule has 2 aliphatic heterocycles. The fourth-order valence-corrected chi connectivity index (χ4v) is 3.48. The molecule has 0 saturated carbocycles. The first-order valence-corrected chi connectivity index (χ1v) is 8.17. The molecule has 2 fully saturated rings. The van der Waals surface area contributed by atoms with E-state index < -0.39 is 12.1 Å². The molecule has 9 heteroatoms. The van der Waals surface area contributed by atoms with Crippen LogP contribution in [-0.2, 0) is 4.79 Å². The number of amides is 1. The first-order valence-electron chi connectivity index (χ1n) is 8.17. The minimum absolute atomic E-state index is 0.124. The zero-order valence-electron chi connectivity index (χ0n) is 14.3. The van der Waals surface area contributed by atoms with Crippen molar-refractivity contribution in [3.05, 3.63) is 36.3 Å². The molecular weight excluding hydrogens is 353 g/mol. The first-order chi connectivity index (χ1) is 12.2. The monoisotopic (exact) mass is 374 g/mol. The number of alkyl halides is 3. The van der Waals surface area contributed by atoms with E-state index in [4.69, 9.17) is 14.3 Å². The van der Waals surface area contributed by atoms with Crippen molar-refractivity contribution in [2.45, 2.75) is 38.0 Å². The molecule has 2 aliphatic rings. The maximum atomic E-state index is 12.6. The van der Waals surface area contributed by atoms with Gasteiger partial charge in [0, 0.05) is 31.7 Å². The van der Waals surface area contributed by atoms with Crippen LogP contribution in [0.25, 0.3) is 0 Å². The van der Waals surface area contributed by atoms with Gasteiger partial charge in [-0.3, -0.25) is 9.69 Å². The van der Waals surface area contributed by atoms with Gasteiger partial charge in [0.2, 0.25) is 0 Å². The molecule has 0 aromatic carbocycles. The summed E-state index contributed by atoms with van der Waals surface area (Å²) < 4.78 is 37.0. The number of hydrogen-bond donors (Lipinski definition) is 1. The second-order valence-corrected chi connectivity index (χ2v) is 6.19. The van der Waals surface area contributed by atoms with Crippen molar-refractivity contribution < 1.29 is 32.3 Å². The van der Waals surface area contributed by atoms with Crippen molar-refractivity contribution in [3.8, 4) is 0 Å². The summed E-state index contributed by atoms with van der Waals surface area (Å²) in [6.45, 7) is 8.50. The molecule has 3 heterocycles. The van der Waals surface area contributed by atoms with Crippen molar-refractivity contribution in [2.24, 2.45) is 0 Å². The van der Waals surface area contributed by atoms with Crippen LogP contribution in [0.3, 0.4) is 0 Å². The summed E-state index contributed by atoms with van der Waals surface area (Å²) >= 11 is 0. The molecule has 0 spiro atoms. The van der Waals surface area contributed by atoms with Crippen molar-refractivity contribution in [1.82, 2.24) is 9.80 Å². The predicted molar refractivity (Wildman–Crippen MR) is 86.8 cm³/mol. The van der Waals surface area contributed by atoms with Crippen LogP contribution in [0.5, 0.6) is 0 Å². The van der Waals surface area contributed by atoms with E-state index >= 15 is 0 Å². The Bertz CT molecular complexity index is 671. The molecule has 144 valence electrons. The number of nitrogens with zero attached hydrogens (tertiary/aromatic N) is 2. The largest absolute Gasteiger partial charge is 0.490 e. The smallest absolute Gasteiger partial charge is 0.475 e. The van der Waals surface area contributed by atoms with Crippen molar-refractivity contribution in [1.29, 1.82) is 0 Å². The maximum Gasteiger partial charge on any atom is 0.490 e. The number of halogens is 3. The molecule has 1 N–H and O–H groups in total. The fourth-order valence-electron chi connectivity index (χ4n) is 3.48. The Morgan fingerprint density at radius 3 is 2.46 bits per heavy atom. The first kappa shape index (κ1) is 20.0. The number of carbonyl (C=O) groups excluding carboxylic acids is 1. The van der Waals surface area contributed by atoms with Gasteiger partial charge >= 0.3 is 12.1 Å². The van der Waals surface area contributed by atoms with E-state index in [1.807, 2.05) is 17.9 Å². The zero-order chi connectivity index (χ0) is 19.5. The number of carbonyl (C=O) groups is 2. The summed E-state index contributed by atoms with van der Waals surface area (Å²) in [6.07, 6.45) is 0.601. The summed E-state index contributed by atoms with van der Waals surface area (Å²) in [7, 11) is 0. The van der Waals surface area contributed by atoms with Gasteiger partial charge in [-0.15, -0.1) is 6.58 Å². The number of furan rings is 1. The predicted octanol–water partition coefficient (Wildman–Crippen LogP) is 2.70. The summed E-state index contributed by atoms with van der Waals surface area (Å²) in [4.78, 5) is 25.9. The summed E-state index contributed by atoms with van der Waals surface area (Å²) in [5, 5.41) is 7.12.